The van der Waals surface area contributed by atoms with Crippen LogP contribution in [0.5, 0.6) is 0 Å². The van der Waals surface area contributed by atoms with Crippen LogP contribution in [0.2, 0.25) is 0 Å². The molecule has 0 bridgehead atoms. The first-order chi connectivity index (χ1) is 1.73. The third kappa shape index (κ3) is 945. The maximum absolute atomic E-state index is 7.17. The van der Waals surface area contributed by atoms with Gasteiger partial charge in [-0.3, -0.25) is 0 Å². The van der Waals surface area contributed by atoms with Gasteiger partial charge in [-0.15, -0.1) is 0 Å². The molecule has 0 saturated carbocycles. The van der Waals surface area contributed by atoms with Crippen molar-refractivity contribution in [2.75, 3.05) is 0 Å². The summed E-state index contributed by atoms with van der Waals surface area (Å²) < 4.78 is 0. The van der Waals surface area contributed by atoms with Crippen LogP contribution in [0.4, 0.5) is 0 Å². The van der Waals surface area contributed by atoms with Crippen LogP contribution >= 0.6 is 0 Å². The van der Waals surface area contributed by atoms with Crippen molar-refractivity contribution in [1.29, 1.82) is 0 Å². The van der Waals surface area contributed by atoms with Gasteiger partial charge in [-0.1, -0.05) is 0 Å². The molecule has 0 aromatic heterocycles. The van der Waals surface area contributed by atoms with Gasteiger partial charge in [0.25, 0.3) is 0 Å². The Morgan fingerprint density at radius 3 is 0.600 bits per heavy atom. The van der Waals surface area contributed by atoms with Crippen LogP contribution in [-0.2, 0) is 0 Å². The Labute approximate surface area is 79.5 Å². The predicted octanol–water partition coefficient (Wildman–Crippen LogP) is -9.17. The zero-order chi connectivity index (χ0) is 3.58. The third-order valence-electron chi connectivity index (χ3n) is 0. The molecule has 0 atom stereocenters. The number of rotatable bonds is 0. The minimum absolute atomic E-state index is 0. The number of hydrogen-bond donors (Lipinski definition) is 3. The first-order valence-electron chi connectivity index (χ1n) is 0.775. The fourth-order valence-corrected chi connectivity index (χ4v) is 0. The van der Waals surface area contributed by atoms with E-state index in [9.17, 15) is 0 Å². The molecular weight excluding hydrogens is 162 g/mol. The maximum Gasteiger partial charge on any atom is 1.00 e. The molecule has 0 aliphatic carbocycles. The predicted molar refractivity (Wildman–Crippen MR) is 30.5 cm³/mol. The molecule has 0 amide bonds. The van der Waals surface area contributed by atoms with Crippen molar-refractivity contribution in [3.8, 4) is 0 Å². The van der Waals surface area contributed by atoms with Crippen molar-refractivity contribution in [3.05, 3.63) is 0 Å². The molecule has 0 aliphatic heterocycles. The van der Waals surface area contributed by atoms with E-state index in [1.165, 1.54) is 0 Å². The minimum Gasteiger partial charge on any atom is -0.412 e. The molecule has 10 heteroatoms. The molecule has 64 valence electrons. The summed E-state index contributed by atoms with van der Waals surface area (Å²) in [7, 11) is -2.17. The van der Waals surface area contributed by atoms with Crippen molar-refractivity contribution in [2.24, 2.45) is 0 Å². The molecule has 0 radical (unpaired) electrons. The number of hydrogen-bond acceptors (Lipinski definition) is 3. The van der Waals surface area contributed by atoms with Crippen LogP contribution in [0.25, 0.3) is 0 Å². The van der Waals surface area contributed by atoms with Crippen molar-refractivity contribution in [3.63, 3.8) is 0 Å². The summed E-state index contributed by atoms with van der Waals surface area (Å²) in [6, 6.07) is 0. The van der Waals surface area contributed by atoms with Crippen LogP contribution in [-0.4, -0.2) is 49.8 Å². The summed E-state index contributed by atoms with van der Waals surface area (Å²) in [5, 5.41) is 21.5. The molecule has 0 aromatic rings. The molecule has 0 aromatic carbocycles. The van der Waals surface area contributed by atoms with Crippen molar-refractivity contribution >= 4 is 7.32 Å². The fraction of sp³-hybridized carbons (Fsp3) is 0. The van der Waals surface area contributed by atoms with E-state index in [0.717, 1.165) is 0 Å². The molecule has 10 heavy (non-hydrogen) atoms. The Bertz CT molecular complexity index is 14.0. The van der Waals surface area contributed by atoms with E-state index in [0.29, 0.717) is 0 Å². The largest absolute Gasteiger partial charge is 1.00 e. The molecule has 0 spiro atoms. The van der Waals surface area contributed by atoms with E-state index in [1.54, 1.807) is 0 Å². The second kappa shape index (κ2) is 53.1. The van der Waals surface area contributed by atoms with Gasteiger partial charge in [0, 0.05) is 0 Å². The van der Waals surface area contributed by atoms with E-state index in [1.807, 2.05) is 0 Å². The molecule has 0 fully saturated rings. The van der Waals surface area contributed by atoms with Crippen LogP contribution in [0.1, 0.15) is 0 Å². The van der Waals surface area contributed by atoms with Gasteiger partial charge >= 0.3 is 36.9 Å². The molecular formula is H13BNaO8+. The topological polar surface area (TPSA) is 218 Å². The second-order valence-electron chi connectivity index (χ2n) is 0.346. The Morgan fingerprint density at radius 2 is 0.600 bits per heavy atom. The van der Waals surface area contributed by atoms with Crippen molar-refractivity contribution in [1.82, 2.24) is 0 Å². The average Bonchev–Trinajstić information content (AvgIpc) is 0.811. The third-order valence-corrected chi connectivity index (χ3v) is 0. The first kappa shape index (κ1) is 72.8. The smallest absolute Gasteiger partial charge is 0.412 e. The molecule has 0 rings (SSSR count). The summed E-state index contributed by atoms with van der Waals surface area (Å²) in [4.78, 5) is 0. The molecule has 13 N–H and O–H groups in total. The van der Waals surface area contributed by atoms with Gasteiger partial charge in [0.05, 0.1) is 0 Å². The minimum atomic E-state index is -2.17. The Balaban J connectivity index is -0.00000000300. The average molecular weight is 175 g/mol. The summed E-state index contributed by atoms with van der Waals surface area (Å²) in [5.74, 6) is 0. The summed E-state index contributed by atoms with van der Waals surface area (Å²) in [6.45, 7) is 0. The van der Waals surface area contributed by atoms with Crippen molar-refractivity contribution in [2.45, 2.75) is 0 Å². The van der Waals surface area contributed by atoms with E-state index >= 15 is 0 Å². The molecule has 8 nitrogen and oxygen atoms in total. The van der Waals surface area contributed by atoms with Gasteiger partial charge in [0.1, 0.15) is 0 Å². The zero-order valence-electron chi connectivity index (χ0n) is 5.42. The summed E-state index contributed by atoms with van der Waals surface area (Å²) in [5.41, 5.74) is 0. The summed E-state index contributed by atoms with van der Waals surface area (Å²) >= 11 is 0. The monoisotopic (exact) mass is 175 g/mol. The SMILES string of the molecule is O.O.O.O.O.OB(O)O.[Na+]. The van der Waals surface area contributed by atoms with Crippen LogP contribution in [0.15, 0.2) is 0 Å². The summed E-state index contributed by atoms with van der Waals surface area (Å²) in [6.07, 6.45) is 0. The first-order valence-corrected chi connectivity index (χ1v) is 0.775. The van der Waals surface area contributed by atoms with E-state index in [2.05, 4.69) is 0 Å². The van der Waals surface area contributed by atoms with Gasteiger partial charge in [0.15, 0.2) is 0 Å². The Kier molecular flexibility index (Phi) is 387. The van der Waals surface area contributed by atoms with E-state index in [4.69, 9.17) is 15.1 Å². The van der Waals surface area contributed by atoms with Gasteiger partial charge in [-0.25, -0.2) is 0 Å². The standard InChI is InChI=1S/BH3O3.Na.5H2O/c2-1(3)4;;;;;;/h2-4H;;5*1H2/q;+1;;;;;. The zero-order valence-corrected chi connectivity index (χ0v) is 7.42. The van der Waals surface area contributed by atoms with Crippen LogP contribution < -0.4 is 29.6 Å². The quantitative estimate of drug-likeness (QED) is 0.305. The van der Waals surface area contributed by atoms with Crippen LogP contribution in [0, 0.1) is 0 Å². The second-order valence-corrected chi connectivity index (χ2v) is 0.346. The molecule has 0 heterocycles. The Hall–Kier alpha value is 0.745. The molecule has 0 aliphatic rings. The molecule has 0 saturated heterocycles. The molecule has 0 unspecified atom stereocenters. The van der Waals surface area contributed by atoms with E-state index in [-0.39, 0.29) is 56.9 Å². The van der Waals surface area contributed by atoms with Gasteiger partial charge in [-0.2, -0.15) is 0 Å². The van der Waals surface area contributed by atoms with Crippen LogP contribution in [0.3, 0.4) is 0 Å². The van der Waals surface area contributed by atoms with Gasteiger partial charge in [0.2, 0.25) is 0 Å². The maximum atomic E-state index is 7.17. The normalized spacial score (nSPS) is 2.70. The van der Waals surface area contributed by atoms with Gasteiger partial charge in [-0.05, 0) is 0 Å². The van der Waals surface area contributed by atoms with E-state index < -0.39 is 7.32 Å². The van der Waals surface area contributed by atoms with Crippen molar-refractivity contribution < 1.29 is 72.0 Å². The van der Waals surface area contributed by atoms with Gasteiger partial charge < -0.3 is 42.5 Å². The fourth-order valence-electron chi connectivity index (χ4n) is 0. The Morgan fingerprint density at radius 1 is 0.600 bits per heavy atom.